The van der Waals surface area contributed by atoms with Gasteiger partial charge in [-0.1, -0.05) is 0 Å². The minimum atomic E-state index is -0.623. The van der Waals surface area contributed by atoms with E-state index in [1.807, 2.05) is 0 Å². The van der Waals surface area contributed by atoms with E-state index in [9.17, 15) is 19.7 Å². The van der Waals surface area contributed by atoms with Crippen LogP contribution in [0.2, 0.25) is 0 Å². The molecular weight excluding hydrogens is 278 g/mol. The highest BCUT2D eigenvalue weighted by Gasteiger charge is 2.17. The van der Waals surface area contributed by atoms with Crippen LogP contribution in [-0.2, 0) is 9.53 Å². The number of nitro benzene ring substituents is 1. The first-order valence-corrected chi connectivity index (χ1v) is 6.52. The van der Waals surface area contributed by atoms with Gasteiger partial charge in [-0.2, -0.15) is 0 Å². The molecule has 21 heavy (non-hydrogen) atoms. The second-order valence-electron chi connectivity index (χ2n) is 4.30. The van der Waals surface area contributed by atoms with Gasteiger partial charge < -0.3 is 9.47 Å². The second kappa shape index (κ2) is 7.98. The third kappa shape index (κ3) is 4.87. The number of nitrogens with zero attached hydrogens (tertiary/aromatic N) is 1. The van der Waals surface area contributed by atoms with Crippen LogP contribution in [0.1, 0.15) is 35.7 Å². The van der Waals surface area contributed by atoms with Crippen molar-refractivity contribution >= 4 is 17.9 Å². The van der Waals surface area contributed by atoms with Crippen LogP contribution in [0.25, 0.3) is 0 Å². The summed E-state index contributed by atoms with van der Waals surface area (Å²) in [5.74, 6) is -0.00628. The second-order valence-corrected chi connectivity index (χ2v) is 4.30. The Hall–Kier alpha value is -2.44. The molecule has 114 valence electrons. The summed E-state index contributed by atoms with van der Waals surface area (Å²) in [6, 6.07) is 2.77. The van der Waals surface area contributed by atoms with Gasteiger partial charge in [0.05, 0.1) is 29.8 Å². The number of nitro groups is 1. The van der Waals surface area contributed by atoms with Crippen LogP contribution in [0.15, 0.2) is 12.1 Å². The van der Waals surface area contributed by atoms with Crippen LogP contribution in [0, 0.1) is 17.0 Å². The fourth-order valence-corrected chi connectivity index (χ4v) is 1.77. The minimum Gasteiger partial charge on any atom is -0.493 e. The zero-order valence-corrected chi connectivity index (χ0v) is 12.0. The largest absolute Gasteiger partial charge is 0.493 e. The molecule has 0 bridgehead atoms. The van der Waals surface area contributed by atoms with Gasteiger partial charge >= 0.3 is 5.97 Å². The van der Waals surface area contributed by atoms with Crippen molar-refractivity contribution in [2.24, 2.45) is 0 Å². The molecule has 1 rings (SSSR count). The van der Waals surface area contributed by atoms with E-state index in [1.165, 1.54) is 6.07 Å². The molecule has 1 aromatic rings. The maximum absolute atomic E-state index is 11.1. The fourth-order valence-electron chi connectivity index (χ4n) is 1.77. The number of esters is 1. The summed E-state index contributed by atoms with van der Waals surface area (Å²) < 4.78 is 10.1. The Morgan fingerprint density at radius 1 is 1.43 bits per heavy atom. The van der Waals surface area contributed by atoms with E-state index in [0.29, 0.717) is 30.6 Å². The highest BCUT2D eigenvalue weighted by molar-refractivity contribution is 5.84. The summed E-state index contributed by atoms with van der Waals surface area (Å²) in [7, 11) is 0. The van der Waals surface area contributed by atoms with Gasteiger partial charge in [0.15, 0.2) is 6.29 Å². The van der Waals surface area contributed by atoms with Gasteiger partial charge in [0.2, 0.25) is 0 Å². The highest BCUT2D eigenvalue weighted by atomic mass is 16.6. The summed E-state index contributed by atoms with van der Waals surface area (Å²) in [5.41, 5.74) is 0.226. The van der Waals surface area contributed by atoms with E-state index in [1.54, 1.807) is 19.9 Å². The van der Waals surface area contributed by atoms with Crippen molar-refractivity contribution < 1.29 is 24.0 Å². The molecular formula is C14H17NO6. The van der Waals surface area contributed by atoms with Crippen LogP contribution in [0.5, 0.6) is 5.75 Å². The number of carbonyl (C=O) groups excluding carboxylic acids is 2. The number of hydrogen-bond acceptors (Lipinski definition) is 6. The number of hydrogen-bond donors (Lipinski definition) is 0. The minimum absolute atomic E-state index is 0.0406. The molecule has 0 aliphatic rings. The van der Waals surface area contributed by atoms with Gasteiger partial charge in [-0.3, -0.25) is 19.7 Å². The maximum Gasteiger partial charge on any atom is 0.305 e. The molecule has 0 aliphatic carbocycles. The molecule has 0 aromatic heterocycles. The van der Waals surface area contributed by atoms with Crippen molar-refractivity contribution in [2.45, 2.75) is 26.7 Å². The highest BCUT2D eigenvalue weighted by Crippen LogP contribution is 2.27. The van der Waals surface area contributed by atoms with Crippen molar-refractivity contribution in [2.75, 3.05) is 13.2 Å². The number of aryl methyl sites for hydroxylation is 1. The first kappa shape index (κ1) is 16.6. The smallest absolute Gasteiger partial charge is 0.305 e. The molecule has 7 heteroatoms. The Morgan fingerprint density at radius 3 is 2.71 bits per heavy atom. The number of ether oxygens (including phenoxy) is 2. The van der Waals surface area contributed by atoms with E-state index in [0.717, 1.165) is 0 Å². The number of rotatable bonds is 8. The van der Waals surface area contributed by atoms with E-state index in [-0.39, 0.29) is 30.2 Å². The predicted molar refractivity (Wildman–Crippen MR) is 74.6 cm³/mol. The Bertz CT molecular complexity index is 541. The van der Waals surface area contributed by atoms with Gasteiger partial charge in [0, 0.05) is 6.42 Å². The molecule has 0 radical (unpaired) electrons. The molecule has 1 aromatic carbocycles. The summed E-state index contributed by atoms with van der Waals surface area (Å²) in [5, 5.41) is 10.9. The Balaban J connectivity index is 2.66. The molecule has 0 amide bonds. The average Bonchev–Trinajstić information content (AvgIpc) is 2.43. The maximum atomic E-state index is 11.1. The zero-order valence-electron chi connectivity index (χ0n) is 12.0. The van der Waals surface area contributed by atoms with Crippen molar-refractivity contribution in [3.63, 3.8) is 0 Å². The van der Waals surface area contributed by atoms with Crippen molar-refractivity contribution in [3.05, 3.63) is 33.4 Å². The van der Waals surface area contributed by atoms with Gasteiger partial charge in [-0.15, -0.1) is 0 Å². The lowest BCUT2D eigenvalue weighted by Crippen LogP contribution is -2.07. The number of carbonyl (C=O) groups is 2. The standard InChI is InChI=1S/C14H17NO6/c1-3-20-14(17)5-4-6-21-11-7-10(2)12(9-16)13(8-11)15(18)19/h7-9H,3-6H2,1-2H3. The van der Waals surface area contributed by atoms with Gasteiger partial charge in [0.25, 0.3) is 5.69 Å². The summed E-state index contributed by atoms with van der Waals surface area (Å²) in [4.78, 5) is 32.3. The van der Waals surface area contributed by atoms with Gasteiger partial charge in [-0.25, -0.2) is 0 Å². The molecule has 0 N–H and O–H groups in total. The number of benzene rings is 1. The molecule has 0 heterocycles. The van der Waals surface area contributed by atoms with Crippen molar-refractivity contribution in [1.82, 2.24) is 0 Å². The Morgan fingerprint density at radius 2 is 2.14 bits per heavy atom. The predicted octanol–water partition coefficient (Wildman–Crippen LogP) is 2.44. The van der Waals surface area contributed by atoms with Crippen LogP contribution in [-0.4, -0.2) is 30.4 Å². The fraction of sp³-hybridized carbons (Fsp3) is 0.429. The molecule has 0 atom stereocenters. The summed E-state index contributed by atoms with van der Waals surface area (Å²) >= 11 is 0. The monoisotopic (exact) mass is 295 g/mol. The van der Waals surface area contributed by atoms with Gasteiger partial charge in [0.1, 0.15) is 5.75 Å². The average molecular weight is 295 g/mol. The third-order valence-corrected chi connectivity index (χ3v) is 2.75. The van der Waals surface area contributed by atoms with Crippen LogP contribution in [0.3, 0.4) is 0 Å². The third-order valence-electron chi connectivity index (χ3n) is 2.75. The lowest BCUT2D eigenvalue weighted by molar-refractivity contribution is -0.385. The van der Waals surface area contributed by atoms with Crippen LogP contribution < -0.4 is 4.74 Å². The summed E-state index contributed by atoms with van der Waals surface area (Å²) in [6.45, 7) is 3.89. The number of aldehydes is 1. The lowest BCUT2D eigenvalue weighted by Gasteiger charge is -2.08. The van der Waals surface area contributed by atoms with Crippen LogP contribution in [0.4, 0.5) is 5.69 Å². The normalized spacial score (nSPS) is 10.0. The van der Waals surface area contributed by atoms with E-state index >= 15 is 0 Å². The van der Waals surface area contributed by atoms with E-state index in [2.05, 4.69) is 0 Å². The summed E-state index contributed by atoms with van der Waals surface area (Å²) in [6.07, 6.45) is 1.13. The first-order valence-electron chi connectivity index (χ1n) is 6.52. The van der Waals surface area contributed by atoms with Crippen molar-refractivity contribution in [1.29, 1.82) is 0 Å². The van der Waals surface area contributed by atoms with E-state index in [4.69, 9.17) is 9.47 Å². The topological polar surface area (TPSA) is 95.7 Å². The van der Waals surface area contributed by atoms with Gasteiger partial charge in [-0.05, 0) is 31.9 Å². The molecule has 0 saturated carbocycles. The first-order chi connectivity index (χ1) is 9.99. The molecule has 0 spiro atoms. The Kier molecular flexibility index (Phi) is 6.32. The molecule has 7 nitrogen and oxygen atoms in total. The zero-order chi connectivity index (χ0) is 15.8. The molecule has 0 unspecified atom stereocenters. The molecule has 0 aliphatic heterocycles. The SMILES string of the molecule is CCOC(=O)CCCOc1cc(C)c(C=O)c([N+](=O)[O-])c1. The lowest BCUT2D eigenvalue weighted by atomic mass is 10.1. The van der Waals surface area contributed by atoms with Crippen LogP contribution >= 0.6 is 0 Å². The Labute approximate surface area is 122 Å². The quantitative estimate of drug-likeness (QED) is 0.240. The van der Waals surface area contributed by atoms with Crippen molar-refractivity contribution in [3.8, 4) is 5.75 Å². The molecule has 0 fully saturated rings. The molecule has 0 saturated heterocycles. The van der Waals surface area contributed by atoms with E-state index < -0.39 is 4.92 Å².